The Morgan fingerprint density at radius 2 is 1.60 bits per heavy atom. The predicted molar refractivity (Wildman–Crippen MR) is 169 cm³/mol. The highest BCUT2D eigenvalue weighted by molar-refractivity contribution is 7.98. The van der Waals surface area contributed by atoms with Gasteiger partial charge >= 0.3 is 0 Å². The molecule has 3 aromatic carbocycles. The number of nitrogens with two attached hydrogens (primary N) is 1. The second-order valence-electron chi connectivity index (χ2n) is 9.37. The fourth-order valence-electron chi connectivity index (χ4n) is 3.93. The van der Waals surface area contributed by atoms with Crippen molar-refractivity contribution in [1.29, 1.82) is 0 Å². The van der Waals surface area contributed by atoms with Crippen LogP contribution < -0.4 is 14.6 Å². The Bertz CT molecular complexity index is 1420. The lowest BCUT2D eigenvalue weighted by Gasteiger charge is -2.24. The van der Waals surface area contributed by atoms with Crippen LogP contribution in [0.5, 0.6) is 0 Å². The lowest BCUT2D eigenvalue weighted by molar-refractivity contribution is 0.441. The Balaban J connectivity index is 0.00000216. The number of nitrogens with one attached hydrogen (secondary N) is 2. The highest BCUT2D eigenvalue weighted by atomic mass is 35.5. The van der Waals surface area contributed by atoms with Crippen molar-refractivity contribution < 1.29 is 8.42 Å². The first-order valence-electron chi connectivity index (χ1n) is 12.1. The van der Waals surface area contributed by atoms with E-state index in [1.807, 2.05) is 54.6 Å². The zero-order valence-corrected chi connectivity index (χ0v) is 26.1. The molecule has 3 aromatic rings. The molecule has 4 N–H and O–H groups in total. The first kappa shape index (κ1) is 32.2. The van der Waals surface area contributed by atoms with Crippen LogP contribution in [0.3, 0.4) is 0 Å². The Kier molecular flexibility index (Phi) is 11.7. The van der Waals surface area contributed by atoms with Gasteiger partial charge in [0.05, 0.1) is 18.8 Å². The van der Waals surface area contributed by atoms with Gasteiger partial charge in [-0.25, -0.2) is 15.1 Å². The molecule has 1 aliphatic heterocycles. The maximum atomic E-state index is 11.7. The molecule has 0 saturated heterocycles. The number of aliphatic imine (C=N–C) groups is 1. The average molecular weight is 642 g/mol. The van der Waals surface area contributed by atoms with Crippen LogP contribution in [-0.2, 0) is 10.2 Å². The second-order valence-corrected chi connectivity index (χ2v) is 12.4. The van der Waals surface area contributed by atoms with E-state index < -0.39 is 15.7 Å². The molecule has 0 amide bonds. The number of guanidine groups is 1. The summed E-state index contributed by atoms with van der Waals surface area (Å²) >= 11 is 18.2. The van der Waals surface area contributed by atoms with Crippen LogP contribution >= 0.6 is 46.8 Å². The smallest absolute Gasteiger partial charge is 0.274 e. The Labute approximate surface area is 255 Å². The van der Waals surface area contributed by atoms with Crippen LogP contribution in [-0.4, -0.2) is 50.1 Å². The molecule has 0 spiro atoms. The van der Waals surface area contributed by atoms with Gasteiger partial charge in [-0.05, 0) is 73.3 Å². The summed E-state index contributed by atoms with van der Waals surface area (Å²) in [5.74, 6) is 0.444. The third-order valence-corrected chi connectivity index (χ3v) is 7.75. The van der Waals surface area contributed by atoms with E-state index in [0.29, 0.717) is 22.5 Å². The fraction of sp³-hybridized carbons (Fsp3) is 0.259. The summed E-state index contributed by atoms with van der Waals surface area (Å²) in [7, 11) is -3.91. The molecule has 214 valence electrons. The molecule has 0 fully saturated rings. The number of nitrogens with zero attached hydrogens (tertiary/aromatic N) is 3. The zero-order chi connectivity index (χ0) is 29.3. The summed E-state index contributed by atoms with van der Waals surface area (Å²) < 4.78 is 29.0. The second kappa shape index (κ2) is 14.5. The lowest BCUT2D eigenvalue weighted by Crippen LogP contribution is -2.49. The van der Waals surface area contributed by atoms with Crippen molar-refractivity contribution in [2.45, 2.75) is 30.2 Å². The molecule has 0 radical (unpaired) electrons. The first-order valence-corrected chi connectivity index (χ1v) is 16.0. The summed E-state index contributed by atoms with van der Waals surface area (Å²) in [6, 6.07) is 25.1. The van der Waals surface area contributed by atoms with Crippen molar-refractivity contribution in [2.24, 2.45) is 15.2 Å². The molecule has 0 aromatic heterocycles. The van der Waals surface area contributed by atoms with Crippen molar-refractivity contribution in [2.75, 3.05) is 19.5 Å². The molecular formula is C27H31Cl3N6O2S2. The van der Waals surface area contributed by atoms with E-state index in [-0.39, 0.29) is 12.5 Å². The number of halogens is 3. The van der Waals surface area contributed by atoms with Gasteiger partial charge in [0.15, 0.2) is 0 Å². The van der Waals surface area contributed by atoms with Crippen LogP contribution in [0.25, 0.3) is 0 Å². The van der Waals surface area contributed by atoms with Gasteiger partial charge < -0.3 is 0 Å². The van der Waals surface area contributed by atoms with E-state index in [4.69, 9.17) is 38.4 Å². The average Bonchev–Trinajstić information content (AvgIpc) is 3.36. The number of hydrogen-bond acceptors (Lipinski definition) is 5. The number of benzene rings is 3. The molecule has 8 nitrogen and oxygen atoms in total. The summed E-state index contributed by atoms with van der Waals surface area (Å²) in [5.41, 5.74) is 2.02. The van der Waals surface area contributed by atoms with Crippen LogP contribution in [0, 0.1) is 0 Å². The largest absolute Gasteiger partial charge is 0.295 e. The highest BCUT2D eigenvalue weighted by Crippen LogP contribution is 2.30. The van der Waals surface area contributed by atoms with Gasteiger partial charge in [-0.15, -0.1) is 11.6 Å². The van der Waals surface area contributed by atoms with Crippen molar-refractivity contribution in [3.05, 3.63) is 100 Å². The molecule has 13 heteroatoms. The van der Waals surface area contributed by atoms with Gasteiger partial charge in [0.1, 0.15) is 0 Å². The first-order chi connectivity index (χ1) is 19.0. The highest BCUT2D eigenvalue weighted by Gasteiger charge is 2.32. The molecular weight excluding hydrogens is 611 g/mol. The van der Waals surface area contributed by atoms with Crippen molar-refractivity contribution in [3.8, 4) is 0 Å². The van der Waals surface area contributed by atoms with Crippen LogP contribution in [0.2, 0.25) is 10.0 Å². The quantitative estimate of drug-likeness (QED) is 0.123. The van der Waals surface area contributed by atoms with Gasteiger partial charge in [-0.1, -0.05) is 65.7 Å². The van der Waals surface area contributed by atoms with Gasteiger partial charge in [-0.2, -0.15) is 18.2 Å². The van der Waals surface area contributed by atoms with Gasteiger partial charge in [0.25, 0.3) is 10.2 Å². The van der Waals surface area contributed by atoms with E-state index in [0.717, 1.165) is 21.7 Å². The SMILES string of the molecule is CC(C)(CN=C(NSc1ccc(Cl)cc1)N1CC(c2ccccc2)C(c2ccc(Cl)cc2)=N1)NS(N)(=O)=O.CCl. The third-order valence-electron chi connectivity index (χ3n) is 5.62. The summed E-state index contributed by atoms with van der Waals surface area (Å²) in [5, 5.41) is 13.3. The lowest BCUT2D eigenvalue weighted by atomic mass is 9.91. The minimum absolute atomic E-state index is 0.0273. The van der Waals surface area contributed by atoms with Crippen LogP contribution in [0.4, 0.5) is 0 Å². The summed E-state index contributed by atoms with van der Waals surface area (Å²) in [4.78, 5) is 5.66. The molecule has 0 aliphatic carbocycles. The van der Waals surface area contributed by atoms with E-state index in [1.165, 1.54) is 18.3 Å². The maximum Gasteiger partial charge on any atom is 0.274 e. The molecule has 1 heterocycles. The maximum absolute atomic E-state index is 11.7. The monoisotopic (exact) mass is 640 g/mol. The van der Waals surface area contributed by atoms with E-state index in [1.54, 1.807) is 31.0 Å². The van der Waals surface area contributed by atoms with E-state index in [2.05, 4.69) is 33.2 Å². The molecule has 40 heavy (non-hydrogen) atoms. The Morgan fingerprint density at radius 3 is 2.17 bits per heavy atom. The van der Waals surface area contributed by atoms with Crippen molar-refractivity contribution >= 4 is 68.6 Å². The van der Waals surface area contributed by atoms with Gasteiger partial charge in [-0.3, -0.25) is 4.72 Å². The topological polar surface area (TPSA) is 112 Å². The Morgan fingerprint density at radius 1 is 1.02 bits per heavy atom. The van der Waals surface area contributed by atoms with Crippen LogP contribution in [0.15, 0.2) is 93.9 Å². The number of hydrogen-bond donors (Lipinski definition) is 3. The summed E-state index contributed by atoms with van der Waals surface area (Å²) in [6.07, 6.45) is 1.47. The standard InChI is InChI=1S/C26H28Cl2N6O2S2.CH3Cl/c1-26(2,33-38(29,35)36)17-30-25(32-37-22-14-12-21(28)13-15-22)34-16-23(18-6-4-3-5-7-18)24(31-34)19-8-10-20(27)11-9-19;1-2/h3-15,23,33H,16-17H2,1-2H3,(H,30,32)(H2,29,35,36);1H3. The molecule has 0 bridgehead atoms. The molecule has 1 aliphatic rings. The molecule has 4 rings (SSSR count). The number of rotatable bonds is 8. The van der Waals surface area contributed by atoms with Crippen molar-refractivity contribution in [3.63, 3.8) is 0 Å². The van der Waals surface area contributed by atoms with Crippen LogP contribution in [0.1, 0.15) is 30.9 Å². The van der Waals surface area contributed by atoms with E-state index in [9.17, 15) is 8.42 Å². The third kappa shape index (κ3) is 9.66. The normalized spacial score (nSPS) is 15.8. The number of alkyl halides is 1. The zero-order valence-electron chi connectivity index (χ0n) is 22.2. The molecule has 0 saturated carbocycles. The predicted octanol–water partition coefficient (Wildman–Crippen LogP) is 5.88. The van der Waals surface area contributed by atoms with Crippen molar-refractivity contribution in [1.82, 2.24) is 14.5 Å². The van der Waals surface area contributed by atoms with Gasteiger partial charge in [0.2, 0.25) is 5.96 Å². The molecule has 1 unspecified atom stereocenters. The van der Waals surface area contributed by atoms with E-state index >= 15 is 0 Å². The molecule has 1 atom stereocenters. The Hall–Kier alpha value is -2.31. The number of hydrazone groups is 1. The minimum atomic E-state index is -3.91. The minimum Gasteiger partial charge on any atom is -0.295 e. The summed E-state index contributed by atoms with van der Waals surface area (Å²) in [6.45, 7) is 4.07. The fourth-order valence-corrected chi connectivity index (χ4v) is 5.66. The van der Waals surface area contributed by atoms with Gasteiger partial charge in [0, 0.05) is 32.8 Å².